The number of aryl methyl sites for hydroxylation is 2. The number of hydrogen-bond donors (Lipinski definition) is 0. The number of halogens is 1. The fourth-order valence-electron chi connectivity index (χ4n) is 2.96. The quantitative estimate of drug-likeness (QED) is 0.744. The van der Waals surface area contributed by atoms with Gasteiger partial charge >= 0.3 is 0 Å². The van der Waals surface area contributed by atoms with Crippen LogP contribution in [0, 0.1) is 13.8 Å². The summed E-state index contributed by atoms with van der Waals surface area (Å²) in [6.07, 6.45) is 0. The van der Waals surface area contributed by atoms with Crippen molar-refractivity contribution < 1.29 is 13.2 Å². The number of sulfone groups is 1. The van der Waals surface area contributed by atoms with Gasteiger partial charge in [0.1, 0.15) is 5.88 Å². The minimum absolute atomic E-state index is 0.0894. The highest BCUT2D eigenvalue weighted by Gasteiger charge is 2.49. The van der Waals surface area contributed by atoms with E-state index in [4.69, 9.17) is 11.6 Å². The van der Waals surface area contributed by atoms with Crippen LogP contribution in [0.5, 0.6) is 0 Å². The fourth-order valence-corrected chi connectivity index (χ4v) is 6.95. The second-order valence-corrected chi connectivity index (χ2v) is 9.51. The largest absolute Gasteiger partial charge is 0.315 e. The summed E-state index contributed by atoms with van der Waals surface area (Å²) in [5, 5.41) is 0.455. The Labute approximate surface area is 145 Å². The van der Waals surface area contributed by atoms with Gasteiger partial charge in [-0.3, -0.25) is 4.79 Å². The van der Waals surface area contributed by atoms with Crippen molar-refractivity contribution in [1.29, 1.82) is 0 Å². The fraction of sp³-hybridized carbons (Fsp3) is 0.467. The van der Waals surface area contributed by atoms with E-state index in [9.17, 15) is 13.2 Å². The number of aliphatic imine (C=N–C) groups is 1. The molecule has 0 saturated carbocycles. The molecular weight excluding hydrogens is 356 g/mol. The molecule has 0 unspecified atom stereocenters. The normalized spacial score (nSPS) is 27.4. The Bertz CT molecular complexity index is 792. The van der Waals surface area contributed by atoms with E-state index >= 15 is 0 Å². The van der Waals surface area contributed by atoms with Crippen molar-refractivity contribution in [2.75, 3.05) is 22.3 Å². The Balaban J connectivity index is 2.08. The molecule has 1 aromatic carbocycles. The molecule has 124 valence electrons. The zero-order chi connectivity index (χ0) is 16.8. The number of benzene rings is 1. The van der Waals surface area contributed by atoms with E-state index in [2.05, 4.69) is 4.99 Å². The number of amides is 1. The summed E-state index contributed by atoms with van der Waals surface area (Å²) >= 11 is 6.93. The number of carbonyl (C=O) groups excluding carboxylic acids is 1. The van der Waals surface area contributed by atoms with Crippen LogP contribution in [0.4, 0.5) is 5.69 Å². The van der Waals surface area contributed by atoms with Gasteiger partial charge in [-0.15, -0.1) is 11.6 Å². The van der Waals surface area contributed by atoms with Gasteiger partial charge in [0.2, 0.25) is 0 Å². The van der Waals surface area contributed by atoms with Crippen LogP contribution in [-0.2, 0) is 14.6 Å². The molecule has 8 heteroatoms. The number of fused-ring (bicyclic) bond motifs is 1. The van der Waals surface area contributed by atoms with Gasteiger partial charge in [0.05, 0.1) is 17.5 Å². The van der Waals surface area contributed by atoms with E-state index in [1.54, 1.807) is 0 Å². The van der Waals surface area contributed by atoms with Crippen LogP contribution in [0.3, 0.4) is 0 Å². The Morgan fingerprint density at radius 2 is 2.13 bits per heavy atom. The summed E-state index contributed by atoms with van der Waals surface area (Å²) in [7, 11) is -3.06. The van der Waals surface area contributed by atoms with Gasteiger partial charge in [-0.05, 0) is 31.0 Å². The first-order valence-corrected chi connectivity index (χ1v) is 10.5. The summed E-state index contributed by atoms with van der Waals surface area (Å²) in [6, 6.07) is 5.82. The monoisotopic (exact) mass is 372 g/mol. The zero-order valence-electron chi connectivity index (χ0n) is 12.8. The SMILES string of the molecule is Cc1ccc(C)c(N2C(=NC(=O)CCl)S[C@H]3CS(=O)(=O)C[C@@H]32)c1. The summed E-state index contributed by atoms with van der Waals surface area (Å²) in [5.74, 6) is -0.380. The van der Waals surface area contributed by atoms with E-state index < -0.39 is 15.7 Å². The van der Waals surface area contributed by atoms with E-state index in [1.165, 1.54) is 11.8 Å². The highest BCUT2D eigenvalue weighted by molar-refractivity contribution is 8.16. The zero-order valence-corrected chi connectivity index (χ0v) is 15.2. The average Bonchev–Trinajstić information content (AvgIpc) is 2.92. The van der Waals surface area contributed by atoms with Crippen LogP contribution in [0.2, 0.25) is 0 Å². The van der Waals surface area contributed by atoms with Gasteiger partial charge in [-0.2, -0.15) is 4.99 Å². The lowest BCUT2D eigenvalue weighted by molar-refractivity contribution is -0.115. The topological polar surface area (TPSA) is 66.8 Å². The smallest absolute Gasteiger partial charge is 0.262 e. The van der Waals surface area contributed by atoms with Gasteiger partial charge in [-0.25, -0.2) is 8.42 Å². The number of nitrogens with zero attached hydrogens (tertiary/aromatic N) is 2. The lowest BCUT2D eigenvalue weighted by Gasteiger charge is -2.26. The maximum absolute atomic E-state index is 12.0. The van der Waals surface area contributed by atoms with Crippen LogP contribution < -0.4 is 4.90 Å². The molecule has 2 aliphatic rings. The van der Waals surface area contributed by atoms with E-state index in [0.717, 1.165) is 16.8 Å². The van der Waals surface area contributed by atoms with Gasteiger partial charge in [0, 0.05) is 10.9 Å². The number of rotatable bonds is 2. The third kappa shape index (κ3) is 3.27. The average molecular weight is 373 g/mol. The summed E-state index contributed by atoms with van der Waals surface area (Å²) in [5.41, 5.74) is 3.00. The molecule has 23 heavy (non-hydrogen) atoms. The van der Waals surface area contributed by atoms with Crippen LogP contribution in [0.15, 0.2) is 23.2 Å². The minimum Gasteiger partial charge on any atom is -0.315 e. The predicted octanol–water partition coefficient (Wildman–Crippen LogP) is 2.14. The Morgan fingerprint density at radius 1 is 1.39 bits per heavy atom. The molecule has 0 bridgehead atoms. The highest BCUT2D eigenvalue weighted by Crippen LogP contribution is 2.42. The second kappa shape index (κ2) is 6.11. The summed E-state index contributed by atoms with van der Waals surface area (Å²) < 4.78 is 24.0. The van der Waals surface area contributed by atoms with E-state index in [-0.39, 0.29) is 28.7 Å². The lowest BCUT2D eigenvalue weighted by atomic mass is 10.1. The molecule has 0 aromatic heterocycles. The molecule has 5 nitrogen and oxygen atoms in total. The molecular formula is C15H17ClN2O3S2. The van der Waals surface area contributed by atoms with Gasteiger partial charge < -0.3 is 4.90 Å². The predicted molar refractivity (Wildman–Crippen MR) is 95.4 cm³/mol. The van der Waals surface area contributed by atoms with Crippen molar-refractivity contribution in [3.05, 3.63) is 29.3 Å². The molecule has 3 rings (SSSR count). The molecule has 1 aromatic rings. The summed E-state index contributed by atoms with van der Waals surface area (Å²) in [4.78, 5) is 17.7. The lowest BCUT2D eigenvalue weighted by Crippen LogP contribution is -2.38. The molecule has 2 heterocycles. The van der Waals surface area contributed by atoms with Crippen molar-refractivity contribution in [3.63, 3.8) is 0 Å². The van der Waals surface area contributed by atoms with Crippen LogP contribution >= 0.6 is 23.4 Å². The molecule has 2 fully saturated rings. The van der Waals surface area contributed by atoms with Crippen molar-refractivity contribution in [2.45, 2.75) is 25.1 Å². The molecule has 0 aliphatic carbocycles. The second-order valence-electron chi connectivity index (χ2n) is 5.88. The van der Waals surface area contributed by atoms with E-state index in [0.29, 0.717) is 5.17 Å². The van der Waals surface area contributed by atoms with Gasteiger partial charge in [0.25, 0.3) is 5.91 Å². The van der Waals surface area contributed by atoms with Crippen LogP contribution in [0.25, 0.3) is 0 Å². The van der Waals surface area contributed by atoms with Crippen LogP contribution in [-0.4, -0.2) is 48.2 Å². The van der Waals surface area contributed by atoms with Crippen LogP contribution in [0.1, 0.15) is 11.1 Å². The minimum atomic E-state index is -3.06. The number of thioether (sulfide) groups is 1. The summed E-state index contributed by atoms with van der Waals surface area (Å²) in [6.45, 7) is 3.95. The van der Waals surface area contributed by atoms with Crippen molar-refractivity contribution >= 4 is 50.0 Å². The number of alkyl halides is 1. The molecule has 2 saturated heterocycles. The maximum Gasteiger partial charge on any atom is 0.262 e. The van der Waals surface area contributed by atoms with Crippen molar-refractivity contribution in [2.24, 2.45) is 4.99 Å². The maximum atomic E-state index is 12.0. The van der Waals surface area contributed by atoms with Gasteiger partial charge in [0.15, 0.2) is 15.0 Å². The van der Waals surface area contributed by atoms with E-state index in [1.807, 2.05) is 36.9 Å². The Hall–Kier alpha value is -1.05. The number of amidine groups is 1. The molecule has 0 N–H and O–H groups in total. The first-order chi connectivity index (χ1) is 10.8. The number of hydrogen-bond acceptors (Lipinski definition) is 4. The standard InChI is InChI=1S/C15H17ClN2O3S2/c1-9-3-4-10(2)11(5-9)18-12-7-23(20,21)8-13(12)22-15(18)17-14(19)6-16/h3-5,12-13H,6-8H2,1-2H3/t12-,13-/m0/s1. The first-order valence-electron chi connectivity index (χ1n) is 7.22. The highest BCUT2D eigenvalue weighted by atomic mass is 35.5. The Morgan fingerprint density at radius 3 is 2.83 bits per heavy atom. The van der Waals surface area contributed by atoms with Gasteiger partial charge in [-0.1, -0.05) is 23.9 Å². The number of carbonyl (C=O) groups is 1. The molecule has 2 atom stereocenters. The number of anilines is 1. The third-order valence-corrected chi connectivity index (χ3v) is 7.46. The van der Waals surface area contributed by atoms with Crippen molar-refractivity contribution in [1.82, 2.24) is 0 Å². The first kappa shape index (κ1) is 16.8. The molecule has 0 radical (unpaired) electrons. The molecule has 2 aliphatic heterocycles. The molecule has 1 amide bonds. The third-order valence-electron chi connectivity index (χ3n) is 4.03. The molecule has 0 spiro atoms. The Kier molecular flexibility index (Phi) is 4.46. The van der Waals surface area contributed by atoms with Crippen molar-refractivity contribution in [3.8, 4) is 0 Å².